The largest absolute Gasteiger partial charge is 0.350 e. The van der Waals surface area contributed by atoms with E-state index in [0.29, 0.717) is 30.0 Å². The van der Waals surface area contributed by atoms with Gasteiger partial charge in [0.15, 0.2) is 0 Å². The molecule has 1 aliphatic heterocycles. The highest BCUT2D eigenvalue weighted by Crippen LogP contribution is 2.22. The highest BCUT2D eigenvalue weighted by Gasteiger charge is 2.34. The molecule has 1 atom stereocenters. The van der Waals surface area contributed by atoms with Crippen molar-refractivity contribution in [1.82, 2.24) is 10.2 Å². The van der Waals surface area contributed by atoms with Crippen molar-refractivity contribution in [2.45, 2.75) is 32.4 Å². The number of thiophene rings is 1. The third kappa shape index (κ3) is 3.48. The lowest BCUT2D eigenvalue weighted by Crippen LogP contribution is -2.45. The van der Waals surface area contributed by atoms with Gasteiger partial charge in [0.05, 0.1) is 4.88 Å². The van der Waals surface area contributed by atoms with Gasteiger partial charge in [0.1, 0.15) is 11.9 Å². The summed E-state index contributed by atoms with van der Waals surface area (Å²) in [5, 5.41) is 4.72. The van der Waals surface area contributed by atoms with Crippen LogP contribution in [0.25, 0.3) is 0 Å². The number of nitrogens with zero attached hydrogens (tertiary/aromatic N) is 1. The van der Waals surface area contributed by atoms with Crippen LogP contribution in [0.5, 0.6) is 0 Å². The summed E-state index contributed by atoms with van der Waals surface area (Å²) in [6, 6.07) is 7.96. The summed E-state index contributed by atoms with van der Waals surface area (Å²) in [6.07, 6.45) is 1.50. The predicted octanol–water partition coefficient (Wildman–Crippen LogP) is 3.12. The minimum Gasteiger partial charge on any atom is -0.350 e. The molecule has 1 unspecified atom stereocenters. The third-order valence-electron chi connectivity index (χ3n) is 4.24. The van der Waals surface area contributed by atoms with Gasteiger partial charge in [0, 0.05) is 13.1 Å². The van der Waals surface area contributed by atoms with Gasteiger partial charge in [-0.05, 0) is 48.4 Å². The Morgan fingerprint density at radius 2 is 2.21 bits per heavy atom. The molecular formula is C18H19FN2O2S. The number of carbonyl (C=O) groups excluding carboxylic acids is 2. The van der Waals surface area contributed by atoms with Crippen LogP contribution in [0.3, 0.4) is 0 Å². The fourth-order valence-corrected chi connectivity index (χ4v) is 3.63. The molecule has 24 heavy (non-hydrogen) atoms. The van der Waals surface area contributed by atoms with Crippen molar-refractivity contribution in [3.63, 3.8) is 0 Å². The quantitative estimate of drug-likeness (QED) is 0.925. The molecule has 126 valence electrons. The van der Waals surface area contributed by atoms with E-state index in [1.165, 1.54) is 17.4 Å². The van der Waals surface area contributed by atoms with Crippen LogP contribution in [0.4, 0.5) is 4.39 Å². The van der Waals surface area contributed by atoms with E-state index in [9.17, 15) is 14.0 Å². The Bertz CT molecular complexity index is 745. The Balaban J connectivity index is 1.63. The highest BCUT2D eigenvalue weighted by molar-refractivity contribution is 7.12. The zero-order valence-electron chi connectivity index (χ0n) is 13.4. The zero-order valence-corrected chi connectivity index (χ0v) is 14.2. The second-order valence-corrected chi connectivity index (χ2v) is 6.88. The zero-order chi connectivity index (χ0) is 17.1. The van der Waals surface area contributed by atoms with E-state index in [1.807, 2.05) is 11.4 Å². The average Bonchev–Trinajstić information content (AvgIpc) is 3.26. The predicted molar refractivity (Wildman–Crippen MR) is 91.4 cm³/mol. The summed E-state index contributed by atoms with van der Waals surface area (Å²) in [6.45, 7) is 2.63. The summed E-state index contributed by atoms with van der Waals surface area (Å²) in [4.78, 5) is 27.3. The maximum Gasteiger partial charge on any atom is 0.264 e. The van der Waals surface area contributed by atoms with Crippen LogP contribution in [0.2, 0.25) is 0 Å². The Morgan fingerprint density at radius 3 is 2.92 bits per heavy atom. The maximum absolute atomic E-state index is 13.3. The molecule has 0 spiro atoms. The van der Waals surface area contributed by atoms with Gasteiger partial charge in [-0.25, -0.2) is 4.39 Å². The molecule has 2 heterocycles. The lowest BCUT2D eigenvalue weighted by atomic mass is 10.1. The number of nitrogens with one attached hydrogen (secondary N) is 1. The molecular weight excluding hydrogens is 327 g/mol. The molecule has 0 radical (unpaired) electrons. The van der Waals surface area contributed by atoms with Gasteiger partial charge < -0.3 is 10.2 Å². The lowest BCUT2D eigenvalue weighted by molar-refractivity contribution is -0.125. The summed E-state index contributed by atoms with van der Waals surface area (Å²) in [5.41, 5.74) is 1.40. The summed E-state index contributed by atoms with van der Waals surface area (Å²) in [7, 11) is 0. The van der Waals surface area contributed by atoms with Crippen molar-refractivity contribution >= 4 is 23.2 Å². The molecule has 1 aliphatic rings. The summed E-state index contributed by atoms with van der Waals surface area (Å²) >= 11 is 1.39. The van der Waals surface area contributed by atoms with E-state index in [2.05, 4.69) is 5.32 Å². The standard InChI is InChI=1S/C18H19FN2O2S/c1-12-10-13(6-7-14(12)19)11-20-17(22)15-4-2-8-21(15)18(23)16-5-3-9-24-16/h3,5-7,9-10,15H,2,4,8,11H2,1H3,(H,20,22). The molecule has 4 nitrogen and oxygen atoms in total. The first kappa shape index (κ1) is 16.6. The van der Waals surface area contributed by atoms with Crippen LogP contribution in [0, 0.1) is 12.7 Å². The van der Waals surface area contributed by atoms with E-state index in [4.69, 9.17) is 0 Å². The van der Waals surface area contributed by atoms with Crippen LogP contribution >= 0.6 is 11.3 Å². The SMILES string of the molecule is Cc1cc(CNC(=O)C2CCCN2C(=O)c2cccs2)ccc1F. The fraction of sp³-hybridized carbons (Fsp3) is 0.333. The normalized spacial score (nSPS) is 17.1. The van der Waals surface area contributed by atoms with Crippen molar-refractivity contribution in [2.24, 2.45) is 0 Å². The van der Waals surface area contributed by atoms with E-state index >= 15 is 0 Å². The Hall–Kier alpha value is -2.21. The van der Waals surface area contributed by atoms with Gasteiger partial charge >= 0.3 is 0 Å². The van der Waals surface area contributed by atoms with Gasteiger partial charge in [-0.3, -0.25) is 9.59 Å². The number of rotatable bonds is 4. The maximum atomic E-state index is 13.3. The highest BCUT2D eigenvalue weighted by atomic mass is 32.1. The minimum atomic E-state index is -0.429. The first-order valence-electron chi connectivity index (χ1n) is 7.93. The van der Waals surface area contributed by atoms with Crippen molar-refractivity contribution in [1.29, 1.82) is 0 Å². The number of likely N-dealkylation sites (tertiary alicyclic amines) is 1. The second kappa shape index (κ2) is 7.13. The van der Waals surface area contributed by atoms with Gasteiger partial charge in [0.2, 0.25) is 5.91 Å². The lowest BCUT2D eigenvalue weighted by Gasteiger charge is -2.23. The van der Waals surface area contributed by atoms with Crippen LogP contribution in [0.1, 0.15) is 33.6 Å². The number of carbonyl (C=O) groups is 2. The summed E-state index contributed by atoms with van der Waals surface area (Å²) in [5.74, 6) is -0.492. The van der Waals surface area contributed by atoms with Gasteiger partial charge in [-0.15, -0.1) is 11.3 Å². The molecule has 1 saturated heterocycles. The van der Waals surface area contributed by atoms with E-state index in [1.54, 1.807) is 30.0 Å². The third-order valence-corrected chi connectivity index (χ3v) is 5.10. The van der Waals surface area contributed by atoms with E-state index < -0.39 is 6.04 Å². The van der Waals surface area contributed by atoms with Crippen LogP contribution in [-0.2, 0) is 11.3 Å². The molecule has 2 amide bonds. The Morgan fingerprint density at radius 1 is 1.38 bits per heavy atom. The van der Waals surface area contributed by atoms with Crippen LogP contribution in [0.15, 0.2) is 35.7 Å². The molecule has 0 aliphatic carbocycles. The van der Waals surface area contributed by atoms with Crippen molar-refractivity contribution in [3.8, 4) is 0 Å². The first-order valence-corrected chi connectivity index (χ1v) is 8.81. The molecule has 1 N–H and O–H groups in total. The molecule has 1 aromatic carbocycles. The van der Waals surface area contributed by atoms with Gasteiger partial charge in [0.25, 0.3) is 5.91 Å². The second-order valence-electron chi connectivity index (χ2n) is 5.94. The van der Waals surface area contributed by atoms with Crippen LogP contribution in [-0.4, -0.2) is 29.3 Å². The molecule has 2 aromatic rings. The van der Waals surface area contributed by atoms with E-state index in [0.717, 1.165) is 12.0 Å². The molecule has 1 aromatic heterocycles. The number of halogens is 1. The van der Waals surface area contributed by atoms with Gasteiger partial charge in [-0.2, -0.15) is 0 Å². The Kier molecular flexibility index (Phi) is 4.94. The number of hydrogen-bond acceptors (Lipinski definition) is 3. The number of hydrogen-bond donors (Lipinski definition) is 1. The van der Waals surface area contributed by atoms with Crippen molar-refractivity contribution < 1.29 is 14.0 Å². The number of benzene rings is 1. The average molecular weight is 346 g/mol. The molecule has 1 fully saturated rings. The van der Waals surface area contributed by atoms with E-state index in [-0.39, 0.29) is 17.6 Å². The topological polar surface area (TPSA) is 49.4 Å². The molecule has 3 rings (SSSR count). The first-order chi connectivity index (χ1) is 11.6. The smallest absolute Gasteiger partial charge is 0.264 e. The Labute approximate surface area is 144 Å². The monoisotopic (exact) mass is 346 g/mol. The molecule has 0 bridgehead atoms. The van der Waals surface area contributed by atoms with Crippen molar-refractivity contribution in [3.05, 3.63) is 57.5 Å². The van der Waals surface area contributed by atoms with Crippen molar-refractivity contribution in [2.75, 3.05) is 6.54 Å². The number of aryl methyl sites for hydroxylation is 1. The van der Waals surface area contributed by atoms with Gasteiger partial charge in [-0.1, -0.05) is 18.2 Å². The molecule has 0 saturated carbocycles. The fourth-order valence-electron chi connectivity index (χ4n) is 2.95. The summed E-state index contributed by atoms with van der Waals surface area (Å²) < 4.78 is 13.3. The number of amides is 2. The minimum absolute atomic E-state index is 0.0831. The molecule has 6 heteroatoms. The van der Waals surface area contributed by atoms with Crippen LogP contribution < -0.4 is 5.32 Å².